The smallest absolute Gasteiger partial charge is 0.180 e. The van der Waals surface area contributed by atoms with E-state index < -0.39 is 0 Å². The van der Waals surface area contributed by atoms with Gasteiger partial charge in [0.05, 0.1) is 11.9 Å². The lowest BCUT2D eigenvalue weighted by molar-refractivity contribution is 0.0983. The second kappa shape index (κ2) is 5.51. The van der Waals surface area contributed by atoms with Crippen LogP contribution in [0.4, 0.5) is 5.69 Å². The average Bonchev–Trinajstić information content (AvgIpc) is 2.41. The van der Waals surface area contributed by atoms with Crippen molar-refractivity contribution in [2.75, 3.05) is 18.0 Å². The van der Waals surface area contributed by atoms with Gasteiger partial charge in [-0.3, -0.25) is 9.78 Å². The van der Waals surface area contributed by atoms with Crippen LogP contribution in [0.25, 0.3) is 0 Å². The molecule has 98 valence electrons. The molecule has 1 aromatic rings. The van der Waals surface area contributed by atoms with Crippen LogP contribution < -0.4 is 4.90 Å². The van der Waals surface area contributed by atoms with Crippen LogP contribution in [0.15, 0.2) is 18.3 Å². The maximum Gasteiger partial charge on any atom is 0.180 e. The molecule has 18 heavy (non-hydrogen) atoms. The molecule has 2 rings (SSSR count). The van der Waals surface area contributed by atoms with Gasteiger partial charge in [0.15, 0.2) is 5.78 Å². The predicted octanol–water partition coefficient (Wildman–Crippen LogP) is 3.16. The lowest BCUT2D eigenvalue weighted by Crippen LogP contribution is -2.38. The zero-order valence-electron chi connectivity index (χ0n) is 11.5. The molecule has 1 fully saturated rings. The van der Waals surface area contributed by atoms with Crippen LogP contribution >= 0.6 is 0 Å². The third-order valence-corrected chi connectivity index (χ3v) is 4.05. The number of anilines is 1. The van der Waals surface area contributed by atoms with Crippen molar-refractivity contribution < 1.29 is 4.79 Å². The fourth-order valence-electron chi connectivity index (χ4n) is 2.42. The molecule has 0 aliphatic carbocycles. The normalized spacial score (nSPS) is 24.1. The molecule has 2 unspecified atom stereocenters. The average molecular weight is 246 g/mol. The number of hydrogen-bond acceptors (Lipinski definition) is 3. The summed E-state index contributed by atoms with van der Waals surface area (Å²) >= 11 is 0. The molecular formula is C15H22N2O. The van der Waals surface area contributed by atoms with Crippen LogP contribution in [-0.4, -0.2) is 23.9 Å². The van der Waals surface area contributed by atoms with Crippen molar-refractivity contribution in [3.8, 4) is 0 Å². The molecule has 1 saturated heterocycles. The fourth-order valence-corrected chi connectivity index (χ4v) is 2.42. The summed E-state index contributed by atoms with van der Waals surface area (Å²) in [6.07, 6.45) is 3.59. The molecule has 3 nitrogen and oxygen atoms in total. The van der Waals surface area contributed by atoms with Gasteiger partial charge >= 0.3 is 0 Å². The molecule has 0 spiro atoms. The monoisotopic (exact) mass is 246 g/mol. The van der Waals surface area contributed by atoms with Gasteiger partial charge in [0, 0.05) is 19.5 Å². The molecule has 1 aliphatic heterocycles. The lowest BCUT2D eigenvalue weighted by atomic mass is 9.88. The first-order chi connectivity index (χ1) is 8.61. The van der Waals surface area contributed by atoms with Crippen LogP contribution in [-0.2, 0) is 0 Å². The Balaban J connectivity index is 2.08. The second-order valence-corrected chi connectivity index (χ2v) is 5.37. The predicted molar refractivity (Wildman–Crippen MR) is 74.0 cm³/mol. The third-order valence-electron chi connectivity index (χ3n) is 4.05. The largest absolute Gasteiger partial charge is 0.370 e. The summed E-state index contributed by atoms with van der Waals surface area (Å²) in [5, 5.41) is 0. The van der Waals surface area contributed by atoms with Gasteiger partial charge in [0.2, 0.25) is 0 Å². The van der Waals surface area contributed by atoms with E-state index in [1.54, 1.807) is 0 Å². The molecule has 1 aromatic heterocycles. The zero-order valence-corrected chi connectivity index (χ0v) is 11.5. The van der Waals surface area contributed by atoms with E-state index in [2.05, 4.69) is 23.7 Å². The highest BCUT2D eigenvalue weighted by molar-refractivity contribution is 5.94. The highest BCUT2D eigenvalue weighted by Gasteiger charge is 2.22. The molecule has 3 heteroatoms. The fraction of sp³-hybridized carbons (Fsp3) is 0.600. The number of carbonyl (C=O) groups is 1. The Labute approximate surface area is 109 Å². The van der Waals surface area contributed by atoms with Crippen molar-refractivity contribution in [1.29, 1.82) is 0 Å². The van der Waals surface area contributed by atoms with Gasteiger partial charge in [0.1, 0.15) is 5.69 Å². The van der Waals surface area contributed by atoms with Gasteiger partial charge in [-0.25, -0.2) is 0 Å². The van der Waals surface area contributed by atoms with Crippen LogP contribution in [0.1, 0.15) is 44.1 Å². The number of Topliss-reactive ketones (excluding diaryl/α,β-unsaturated/α-hetero) is 1. The minimum atomic E-state index is 0.113. The molecule has 0 amide bonds. The van der Waals surface area contributed by atoms with Gasteiger partial charge in [-0.15, -0.1) is 0 Å². The molecule has 0 radical (unpaired) electrons. The van der Waals surface area contributed by atoms with Crippen molar-refractivity contribution in [2.24, 2.45) is 11.8 Å². The molecule has 2 atom stereocenters. The molecular weight excluding hydrogens is 224 g/mol. The number of piperidine rings is 1. The molecule has 2 heterocycles. The van der Waals surface area contributed by atoms with Crippen LogP contribution in [0.5, 0.6) is 0 Å². The van der Waals surface area contributed by atoms with E-state index in [0.717, 1.165) is 30.6 Å². The maximum absolute atomic E-state index is 11.5. The van der Waals surface area contributed by atoms with E-state index in [0.29, 0.717) is 12.1 Å². The number of carbonyl (C=O) groups excluding carboxylic acids is 1. The van der Waals surface area contributed by atoms with E-state index in [1.807, 2.05) is 25.3 Å². The van der Waals surface area contributed by atoms with Gasteiger partial charge in [-0.05, 0) is 30.4 Å². The maximum atomic E-state index is 11.5. The highest BCUT2D eigenvalue weighted by atomic mass is 16.1. The quantitative estimate of drug-likeness (QED) is 0.768. The highest BCUT2D eigenvalue weighted by Crippen LogP contribution is 2.26. The van der Waals surface area contributed by atoms with Gasteiger partial charge in [-0.1, -0.05) is 20.8 Å². The summed E-state index contributed by atoms with van der Waals surface area (Å²) < 4.78 is 0. The molecule has 0 saturated carbocycles. The summed E-state index contributed by atoms with van der Waals surface area (Å²) in [4.78, 5) is 18.2. The van der Waals surface area contributed by atoms with Crippen molar-refractivity contribution in [3.63, 3.8) is 0 Å². The van der Waals surface area contributed by atoms with E-state index >= 15 is 0 Å². The Morgan fingerprint density at radius 1 is 1.39 bits per heavy atom. The topological polar surface area (TPSA) is 33.2 Å². The SMILES string of the molecule is CCC(=O)c1ccc(N2CCC(C)C(C)C2)cn1. The van der Waals surface area contributed by atoms with Crippen molar-refractivity contribution >= 4 is 11.5 Å². The summed E-state index contributed by atoms with van der Waals surface area (Å²) in [5.74, 6) is 1.63. The first-order valence-corrected chi connectivity index (χ1v) is 6.86. The van der Waals surface area contributed by atoms with Crippen LogP contribution in [0, 0.1) is 11.8 Å². The first kappa shape index (κ1) is 13.1. The molecule has 0 N–H and O–H groups in total. The van der Waals surface area contributed by atoms with E-state index in [9.17, 15) is 4.79 Å². The standard InChI is InChI=1S/C15H22N2O/c1-4-15(18)14-6-5-13(9-16-14)17-8-7-11(2)12(3)10-17/h5-6,9,11-12H,4,7-8,10H2,1-3H3. The van der Waals surface area contributed by atoms with Crippen molar-refractivity contribution in [2.45, 2.75) is 33.6 Å². The van der Waals surface area contributed by atoms with E-state index in [-0.39, 0.29) is 5.78 Å². The number of rotatable bonds is 3. The minimum Gasteiger partial charge on any atom is -0.370 e. The zero-order chi connectivity index (χ0) is 13.1. The number of ketones is 1. The summed E-state index contributed by atoms with van der Waals surface area (Å²) in [6.45, 7) is 8.67. The van der Waals surface area contributed by atoms with Gasteiger partial charge < -0.3 is 4.90 Å². The Hall–Kier alpha value is -1.38. The summed E-state index contributed by atoms with van der Waals surface area (Å²) in [7, 11) is 0. The molecule has 0 aromatic carbocycles. The Morgan fingerprint density at radius 2 is 2.17 bits per heavy atom. The van der Waals surface area contributed by atoms with Gasteiger partial charge in [-0.2, -0.15) is 0 Å². The number of pyridine rings is 1. The minimum absolute atomic E-state index is 0.113. The Morgan fingerprint density at radius 3 is 2.72 bits per heavy atom. The first-order valence-electron chi connectivity index (χ1n) is 6.86. The van der Waals surface area contributed by atoms with Gasteiger partial charge in [0.25, 0.3) is 0 Å². The van der Waals surface area contributed by atoms with Crippen LogP contribution in [0.2, 0.25) is 0 Å². The van der Waals surface area contributed by atoms with E-state index in [1.165, 1.54) is 6.42 Å². The third kappa shape index (κ3) is 2.71. The van der Waals surface area contributed by atoms with Crippen LogP contribution in [0.3, 0.4) is 0 Å². The van der Waals surface area contributed by atoms with E-state index in [4.69, 9.17) is 0 Å². The van der Waals surface area contributed by atoms with Crippen molar-refractivity contribution in [3.05, 3.63) is 24.0 Å². The molecule has 1 aliphatic rings. The summed E-state index contributed by atoms with van der Waals surface area (Å²) in [5.41, 5.74) is 1.72. The number of nitrogens with zero attached hydrogens (tertiary/aromatic N) is 2. The molecule has 0 bridgehead atoms. The Bertz CT molecular complexity index is 413. The second-order valence-electron chi connectivity index (χ2n) is 5.37. The van der Waals surface area contributed by atoms with Crippen molar-refractivity contribution in [1.82, 2.24) is 4.98 Å². The summed E-state index contributed by atoms with van der Waals surface area (Å²) in [6, 6.07) is 3.88. The number of aromatic nitrogens is 1. The lowest BCUT2D eigenvalue weighted by Gasteiger charge is -2.36. The Kier molecular flexibility index (Phi) is 4.00. The number of hydrogen-bond donors (Lipinski definition) is 0.